The largest absolute Gasteiger partial charge is 0.494 e. The predicted molar refractivity (Wildman–Crippen MR) is 85.2 cm³/mol. The number of halogens is 1. The van der Waals surface area contributed by atoms with Gasteiger partial charge in [-0.25, -0.2) is 4.39 Å². The summed E-state index contributed by atoms with van der Waals surface area (Å²) in [6.45, 7) is 4.46. The van der Waals surface area contributed by atoms with E-state index in [1.807, 2.05) is 44.0 Å². The molecule has 1 unspecified atom stereocenters. The van der Waals surface area contributed by atoms with Crippen LogP contribution in [0.25, 0.3) is 0 Å². The van der Waals surface area contributed by atoms with Crippen molar-refractivity contribution in [2.24, 2.45) is 0 Å². The van der Waals surface area contributed by atoms with E-state index < -0.39 is 0 Å². The number of anilines is 2. The molecule has 0 fully saturated rings. The maximum atomic E-state index is 13.9. The summed E-state index contributed by atoms with van der Waals surface area (Å²) in [5.41, 5.74) is 8.09. The van der Waals surface area contributed by atoms with Gasteiger partial charge in [-0.05, 0) is 26.0 Å². The van der Waals surface area contributed by atoms with Crippen molar-refractivity contribution in [1.29, 1.82) is 0 Å². The Kier molecular flexibility index (Phi) is 4.68. The van der Waals surface area contributed by atoms with Crippen molar-refractivity contribution in [3.8, 4) is 5.75 Å². The Morgan fingerprint density at radius 2 is 1.95 bits per heavy atom. The van der Waals surface area contributed by atoms with Crippen LogP contribution < -0.4 is 15.4 Å². The minimum absolute atomic E-state index is 0.109. The molecule has 21 heavy (non-hydrogen) atoms. The second-order valence-corrected chi connectivity index (χ2v) is 5.00. The van der Waals surface area contributed by atoms with E-state index in [1.165, 1.54) is 6.07 Å². The zero-order chi connectivity index (χ0) is 15.4. The van der Waals surface area contributed by atoms with Gasteiger partial charge in [0, 0.05) is 36.1 Å². The standard InChI is InChI=1S/C17H21FN2O/c1-4-21-15-10-13(19)9-14(11-15)20(3)12(2)16-7-5-6-8-17(16)18/h5-12H,4,19H2,1-3H3. The zero-order valence-electron chi connectivity index (χ0n) is 12.6. The monoisotopic (exact) mass is 288 g/mol. The van der Waals surface area contributed by atoms with Gasteiger partial charge in [0.1, 0.15) is 11.6 Å². The van der Waals surface area contributed by atoms with Crippen molar-refractivity contribution in [2.45, 2.75) is 19.9 Å². The van der Waals surface area contributed by atoms with Gasteiger partial charge in [-0.2, -0.15) is 0 Å². The molecule has 0 bridgehead atoms. The lowest BCUT2D eigenvalue weighted by Crippen LogP contribution is -2.22. The van der Waals surface area contributed by atoms with Gasteiger partial charge >= 0.3 is 0 Å². The quantitative estimate of drug-likeness (QED) is 0.845. The molecule has 0 aliphatic heterocycles. The molecule has 0 spiro atoms. The normalized spacial score (nSPS) is 12.0. The van der Waals surface area contributed by atoms with Crippen molar-refractivity contribution < 1.29 is 9.13 Å². The highest BCUT2D eigenvalue weighted by molar-refractivity contribution is 5.61. The second kappa shape index (κ2) is 6.48. The van der Waals surface area contributed by atoms with Gasteiger partial charge < -0.3 is 15.4 Å². The molecule has 0 aliphatic rings. The molecule has 2 rings (SSSR count). The molecule has 2 N–H and O–H groups in total. The van der Waals surface area contributed by atoms with Gasteiger partial charge in [0.25, 0.3) is 0 Å². The third-order valence-corrected chi connectivity index (χ3v) is 3.57. The number of nitrogens with two attached hydrogens (primary N) is 1. The average Bonchev–Trinajstić information content (AvgIpc) is 2.46. The molecule has 4 heteroatoms. The van der Waals surface area contributed by atoms with E-state index in [9.17, 15) is 4.39 Å². The SMILES string of the molecule is CCOc1cc(N)cc(N(C)C(C)c2ccccc2F)c1. The summed E-state index contributed by atoms with van der Waals surface area (Å²) in [5, 5.41) is 0. The molecule has 2 aromatic carbocycles. The second-order valence-electron chi connectivity index (χ2n) is 5.00. The summed E-state index contributed by atoms with van der Waals surface area (Å²) in [7, 11) is 1.92. The summed E-state index contributed by atoms with van der Waals surface area (Å²) >= 11 is 0. The predicted octanol–water partition coefficient (Wildman–Crippen LogP) is 4.00. The first-order valence-electron chi connectivity index (χ1n) is 7.03. The summed E-state index contributed by atoms with van der Waals surface area (Å²) < 4.78 is 19.4. The topological polar surface area (TPSA) is 38.5 Å². The van der Waals surface area contributed by atoms with Gasteiger partial charge in [-0.3, -0.25) is 0 Å². The number of ether oxygens (including phenoxy) is 1. The van der Waals surface area contributed by atoms with Crippen LogP contribution in [0.5, 0.6) is 5.75 Å². The van der Waals surface area contributed by atoms with Gasteiger partial charge in [0.05, 0.1) is 12.6 Å². The van der Waals surface area contributed by atoms with Gasteiger partial charge in [-0.1, -0.05) is 18.2 Å². The fourth-order valence-electron chi connectivity index (χ4n) is 2.31. The Balaban J connectivity index is 2.31. The summed E-state index contributed by atoms with van der Waals surface area (Å²) in [4.78, 5) is 1.98. The number of nitrogens with zero attached hydrogens (tertiary/aromatic N) is 1. The first-order valence-corrected chi connectivity index (χ1v) is 7.03. The molecule has 2 aromatic rings. The van der Waals surface area contributed by atoms with E-state index in [-0.39, 0.29) is 11.9 Å². The summed E-state index contributed by atoms with van der Waals surface area (Å²) in [5.74, 6) is 0.519. The Labute approximate surface area is 125 Å². The van der Waals surface area contributed by atoms with Crippen LogP contribution in [0.15, 0.2) is 42.5 Å². The van der Waals surface area contributed by atoms with E-state index in [0.29, 0.717) is 17.9 Å². The van der Waals surface area contributed by atoms with Crippen LogP contribution in [-0.2, 0) is 0 Å². The molecular formula is C17H21FN2O. The zero-order valence-corrected chi connectivity index (χ0v) is 12.6. The molecule has 0 aliphatic carbocycles. The van der Waals surface area contributed by atoms with Crippen molar-refractivity contribution >= 4 is 11.4 Å². The lowest BCUT2D eigenvalue weighted by Gasteiger charge is -2.28. The number of benzene rings is 2. The van der Waals surface area contributed by atoms with Gasteiger partial charge in [0.15, 0.2) is 0 Å². The Bertz CT molecular complexity index is 615. The van der Waals surface area contributed by atoms with E-state index in [2.05, 4.69) is 0 Å². The third-order valence-electron chi connectivity index (χ3n) is 3.57. The lowest BCUT2D eigenvalue weighted by molar-refractivity contribution is 0.340. The summed E-state index contributed by atoms with van der Waals surface area (Å²) in [6.07, 6.45) is 0. The molecule has 112 valence electrons. The highest BCUT2D eigenvalue weighted by atomic mass is 19.1. The number of hydrogen-bond acceptors (Lipinski definition) is 3. The Morgan fingerprint density at radius 1 is 1.24 bits per heavy atom. The van der Waals surface area contributed by atoms with Gasteiger partial charge in [-0.15, -0.1) is 0 Å². The fourth-order valence-corrected chi connectivity index (χ4v) is 2.31. The van der Waals surface area contributed by atoms with Crippen LogP contribution in [0.4, 0.5) is 15.8 Å². The smallest absolute Gasteiger partial charge is 0.128 e. The molecule has 0 saturated heterocycles. The van der Waals surface area contributed by atoms with E-state index in [0.717, 1.165) is 11.4 Å². The lowest BCUT2D eigenvalue weighted by atomic mass is 10.1. The number of hydrogen-bond donors (Lipinski definition) is 1. The molecule has 3 nitrogen and oxygen atoms in total. The van der Waals surface area contributed by atoms with Crippen LogP contribution in [0.1, 0.15) is 25.5 Å². The maximum Gasteiger partial charge on any atom is 0.128 e. The van der Waals surface area contributed by atoms with E-state index in [4.69, 9.17) is 10.5 Å². The minimum Gasteiger partial charge on any atom is -0.494 e. The molecule has 0 radical (unpaired) electrons. The molecule has 0 amide bonds. The van der Waals surface area contributed by atoms with Crippen LogP contribution in [0.3, 0.4) is 0 Å². The highest BCUT2D eigenvalue weighted by Gasteiger charge is 2.16. The van der Waals surface area contributed by atoms with Crippen molar-refractivity contribution in [3.63, 3.8) is 0 Å². The number of rotatable bonds is 5. The van der Waals surface area contributed by atoms with Gasteiger partial charge in [0.2, 0.25) is 0 Å². The first-order chi connectivity index (χ1) is 10.0. The molecule has 0 aromatic heterocycles. The average molecular weight is 288 g/mol. The van der Waals surface area contributed by atoms with Crippen LogP contribution in [-0.4, -0.2) is 13.7 Å². The maximum absolute atomic E-state index is 13.9. The minimum atomic E-state index is -0.203. The van der Waals surface area contributed by atoms with Crippen molar-refractivity contribution in [3.05, 3.63) is 53.8 Å². The van der Waals surface area contributed by atoms with Crippen LogP contribution in [0.2, 0.25) is 0 Å². The van der Waals surface area contributed by atoms with Crippen molar-refractivity contribution in [2.75, 3.05) is 24.3 Å². The highest BCUT2D eigenvalue weighted by Crippen LogP contribution is 2.31. The van der Waals surface area contributed by atoms with Crippen LogP contribution in [0, 0.1) is 5.82 Å². The first kappa shape index (κ1) is 15.2. The molecule has 1 atom stereocenters. The van der Waals surface area contributed by atoms with E-state index in [1.54, 1.807) is 18.2 Å². The molecular weight excluding hydrogens is 267 g/mol. The van der Waals surface area contributed by atoms with Crippen molar-refractivity contribution in [1.82, 2.24) is 0 Å². The number of nitrogen functional groups attached to an aromatic ring is 1. The van der Waals surface area contributed by atoms with Crippen LogP contribution >= 0.6 is 0 Å². The Hall–Kier alpha value is -2.23. The fraction of sp³-hybridized carbons (Fsp3) is 0.294. The molecule has 0 saturated carbocycles. The third kappa shape index (κ3) is 3.45. The Morgan fingerprint density at radius 3 is 2.62 bits per heavy atom. The summed E-state index contributed by atoms with van der Waals surface area (Å²) in [6, 6.07) is 12.3. The van der Waals surface area contributed by atoms with E-state index >= 15 is 0 Å². The molecule has 0 heterocycles.